The van der Waals surface area contributed by atoms with Gasteiger partial charge in [0.05, 0.1) is 12.6 Å². The number of nitrogens with zero attached hydrogens (tertiary/aromatic N) is 8. The molecule has 0 rings (SSSR count). The molecule has 1 radical (unpaired) electrons. The Labute approximate surface area is 762 Å². The summed E-state index contributed by atoms with van der Waals surface area (Å²) in [7, 11) is 1.66. The van der Waals surface area contributed by atoms with Crippen molar-refractivity contribution in [1.82, 2.24) is 86.5 Å². The number of carbonyl (C=O) groups is 10. The number of aliphatic imine (C=N–C) groups is 2. The molecule has 0 fully saturated rings. The van der Waals surface area contributed by atoms with E-state index in [9.17, 15) is 47.9 Å². The van der Waals surface area contributed by atoms with Gasteiger partial charge in [0, 0.05) is 29.3 Å². The van der Waals surface area contributed by atoms with E-state index in [1.165, 1.54) is 35.1 Å². The number of nitrogens with two attached hydrogens (primary N) is 8. The van der Waals surface area contributed by atoms with Crippen molar-refractivity contribution < 1.29 is 139 Å². The normalized spacial score (nSPS) is 11.0. The van der Waals surface area contributed by atoms with Gasteiger partial charge in [-0.25, -0.2) is 105 Å². The van der Waals surface area contributed by atoms with Crippen LogP contribution >= 0.6 is 70.1 Å². The molecule has 0 heterocycles. The molecule has 719 valence electrons. The second kappa shape index (κ2) is 71.0. The van der Waals surface area contributed by atoms with Gasteiger partial charge < -0.3 is 58.7 Å². The maximum absolute atomic E-state index is 11.8. The molecule has 0 aliphatic rings. The van der Waals surface area contributed by atoms with Gasteiger partial charge in [-0.3, -0.25) is 52.8 Å². The van der Waals surface area contributed by atoms with Gasteiger partial charge in [0.1, 0.15) is 70.5 Å². The zero-order valence-corrected chi connectivity index (χ0v) is 82.5. The molecule has 0 unspecified atom stereocenters. The number of aliphatic carboxylic acids is 1. The summed E-state index contributed by atoms with van der Waals surface area (Å²) >= 11 is 10.3. The molecule has 54 nitrogen and oxygen atoms in total. The first-order valence-corrected chi connectivity index (χ1v) is 40.6. The molecule has 0 aromatic rings. The van der Waals surface area contributed by atoms with Gasteiger partial charge in [-0.05, 0) is 251 Å². The summed E-state index contributed by atoms with van der Waals surface area (Å²) in [5.41, 5.74) is 34.2. The minimum atomic E-state index is -1.50. The summed E-state index contributed by atoms with van der Waals surface area (Å²) in [6.45, 7) is 47.7. The van der Waals surface area contributed by atoms with Crippen LogP contribution in [0.4, 0.5) is 33.6 Å². The van der Waals surface area contributed by atoms with Crippen LogP contribution in [-0.4, -0.2) is 224 Å². The van der Waals surface area contributed by atoms with Gasteiger partial charge >= 0.3 is 72.3 Å². The number of hydrazone groups is 4. The van der Waals surface area contributed by atoms with Crippen LogP contribution in [0.25, 0.3) is 0 Å². The van der Waals surface area contributed by atoms with E-state index in [1.807, 2.05) is 11.2 Å². The standard InChI is InChI=1S/C17H33N5O6.C12H25N5O4S.C12H24N4O4S.C8H18N4O2S.C6H13NO2.C3H9N5O2.C2H3N.CH3I.CH7N5S.Ag.HNO3/c1-15(2,3)26-11(23)10-18-12(19-21-13(24)27-16(4,5)6)20-22-14(25)28-17(7,8)9;1-11(2,3)20-9(18)15-14-8(22-7)17(13)16-10(19)21-12(4,5)6;1-11(2,3)19-9(17)15-13-8(21-7)14-16-10(18)20-12(4,5)6;1-8(2,3)14-7(13)11-10-6(15-5)12(4)9;1-6(2,3)9-5(8)4-7;4-7-3(8-5)6-1-2(9)10;1-2-3;1-2;2-5-1(7)6(3)4;;2-1(3)4/h10H2,1-9H3,(H,21,24)(H,22,25)(H2,18,19,20);13H2,1-7H3,(H2,15,16,18,19);1-7H3,(H,13,14)(H,15,17)(H,16,18);9H2,1-5H3,(H,11,13);4,7H2,1-3H3;1,4-5H2,(H,9,10)(H2,6,7,8);1H3;1H3;2-4H2,(H,5,7);;(H,2,3,4)/p+3. The van der Waals surface area contributed by atoms with Crippen molar-refractivity contribution in [2.75, 3.05) is 50.4 Å². The SMILES string of the molecule is CC#N.CC(C)(C)OC(=O)CN.CC(C)(C)OC(=O)CN=C(NNC(=O)OC(C)(C)C)NNC(=O)OC(C)(C)C.CI.CS/C(=N/NC(=O)OC(C)(C)C)NNC(=O)OC(C)(C)C.CS/C(NNC(=O)OC(C)(C)C)=[N+](/N)NC(=O)OC(C)(C)C.CS/C(NNC(=O)OC(C)(C)C)=[N+](\C)N.NNC(=NCC(=O)O)NN.NNC(=S)N(N)N.O=[N+]([O-])O.[Ag].[H+]. The first kappa shape index (κ1) is 136. The zero-order chi connectivity index (χ0) is 98.1. The number of amides is 7. The smallest absolute Gasteiger partial charge is 0.480 e. The topological polar surface area (TPSA) is 796 Å². The van der Waals surface area contributed by atoms with E-state index in [4.69, 9.17) is 115 Å². The van der Waals surface area contributed by atoms with E-state index in [0.29, 0.717) is 5.17 Å². The van der Waals surface area contributed by atoms with E-state index in [-0.39, 0.29) is 76.8 Å². The molecule has 0 saturated carbocycles. The van der Waals surface area contributed by atoms with Gasteiger partial charge in [-0.15, -0.1) is 20.6 Å². The number of ether oxygens (including phenoxy) is 9. The summed E-state index contributed by atoms with van der Waals surface area (Å²) in [5.74, 6) is 33.3. The van der Waals surface area contributed by atoms with Crippen LogP contribution in [0.3, 0.4) is 0 Å². The molecular formula is C62H139AgIN31O23S4+3. The number of carboxylic acids is 1. The number of nitrogens with one attached hydrogen (secondary N) is 15. The van der Waals surface area contributed by atoms with Crippen LogP contribution in [0.5, 0.6) is 0 Å². The fraction of sp³-hybridized carbons (Fsp3) is 0.726. The zero-order valence-electron chi connectivity index (χ0n) is 76.6. The maximum Gasteiger partial charge on any atom is 1.00 e. The van der Waals surface area contributed by atoms with Crippen LogP contribution < -0.4 is 128 Å². The van der Waals surface area contributed by atoms with Crippen LogP contribution in [-0.2, 0) is 79.4 Å². The minimum absolute atomic E-state index is 0. The number of thiocarbonyl (C=S) groups is 1. The van der Waals surface area contributed by atoms with Gasteiger partial charge in [0.25, 0.3) is 5.09 Å². The maximum atomic E-state index is 11.8. The quantitative estimate of drug-likeness (QED) is 0.0141. The monoisotopic (exact) mass is 2050 g/mol. The van der Waals surface area contributed by atoms with Crippen molar-refractivity contribution in [2.45, 2.75) is 244 Å². The third-order valence-corrected chi connectivity index (χ3v) is 10.5. The van der Waals surface area contributed by atoms with E-state index < -0.39 is 110 Å². The Morgan fingerprint density at radius 1 is 0.484 bits per heavy atom. The van der Waals surface area contributed by atoms with E-state index in [1.54, 1.807) is 213 Å². The summed E-state index contributed by atoms with van der Waals surface area (Å²) in [6.07, 6.45) is 0.418. The van der Waals surface area contributed by atoms with Crippen molar-refractivity contribution in [3.63, 3.8) is 0 Å². The van der Waals surface area contributed by atoms with Crippen molar-refractivity contribution >= 4 is 163 Å². The largest absolute Gasteiger partial charge is 1.00 e. The second-order valence-corrected chi connectivity index (χ2v) is 33.1. The molecular weight excluding hydrogens is 1910 g/mol. The number of carboxylic acid groups (broad SMARTS) is 1. The predicted octanol–water partition coefficient (Wildman–Crippen LogP) is 2.00. The number of hydrogen-bond acceptors (Lipinski definition) is 37. The second-order valence-electron chi connectivity index (χ2n) is 30.3. The van der Waals surface area contributed by atoms with Crippen LogP contribution in [0, 0.1) is 21.4 Å². The van der Waals surface area contributed by atoms with E-state index >= 15 is 0 Å². The Bertz CT molecular complexity index is 3250. The molecule has 0 aromatic heterocycles. The molecule has 0 atom stereocenters. The van der Waals surface area contributed by atoms with Gasteiger partial charge in [0.15, 0.2) is 5.17 Å². The molecule has 0 aliphatic heterocycles. The Hall–Kier alpha value is -9.49. The predicted molar refractivity (Wildman–Crippen MR) is 473 cm³/mol. The average Bonchev–Trinajstić information content (AvgIpc) is 0.897. The number of rotatable bonds is 7. The number of alkyl halides is 1. The van der Waals surface area contributed by atoms with E-state index in [2.05, 4.69) is 131 Å². The molecule has 0 spiro atoms. The number of halogens is 1. The molecule has 0 bridgehead atoms. The van der Waals surface area contributed by atoms with Crippen LogP contribution in [0.15, 0.2) is 15.1 Å². The van der Waals surface area contributed by atoms with Crippen LogP contribution in [0.1, 0.15) is 195 Å². The first-order chi connectivity index (χ1) is 54.5. The van der Waals surface area contributed by atoms with Crippen molar-refractivity contribution in [3.8, 4) is 6.07 Å². The minimum Gasteiger partial charge on any atom is -0.480 e. The molecule has 122 heavy (non-hydrogen) atoms. The number of hydrogen-bond donors (Lipinski definition) is 25. The molecule has 0 aromatic carbocycles. The molecule has 60 heteroatoms. The van der Waals surface area contributed by atoms with Crippen LogP contribution in [0.2, 0.25) is 0 Å². The number of amidine groups is 3. The Kier molecular flexibility index (Phi) is 79.0. The Balaban J connectivity index is -0.000000119. The number of carbonyl (C=O) groups excluding carboxylic acids is 9. The van der Waals surface area contributed by atoms with Gasteiger partial charge in [0.2, 0.25) is 17.0 Å². The number of guanidine groups is 2. The third kappa shape index (κ3) is 119. The summed E-state index contributed by atoms with van der Waals surface area (Å²) in [5, 5.41) is 34.8. The summed E-state index contributed by atoms with van der Waals surface area (Å²) < 4.78 is 46.7. The number of hydrazine groups is 13. The van der Waals surface area contributed by atoms with Crippen molar-refractivity contribution in [3.05, 3.63) is 10.1 Å². The van der Waals surface area contributed by atoms with E-state index in [0.717, 1.165) is 21.7 Å². The fourth-order valence-corrected chi connectivity index (χ4v) is 6.01. The van der Waals surface area contributed by atoms with Crippen molar-refractivity contribution in [1.29, 1.82) is 5.26 Å². The number of nitriles is 1. The number of thioether (sulfide) groups is 3. The van der Waals surface area contributed by atoms with Crippen molar-refractivity contribution in [2.24, 2.45) is 61.7 Å². The average molecular weight is 2050 g/mol. The van der Waals surface area contributed by atoms with Gasteiger partial charge in [-0.2, -0.15) is 31.6 Å². The summed E-state index contributed by atoms with van der Waals surface area (Å²) in [6, 6.07) is 1.75. The Morgan fingerprint density at radius 3 is 0.992 bits per heavy atom. The molecule has 7 amide bonds. The molecule has 0 aliphatic carbocycles. The number of esters is 2. The molecule has 33 N–H and O–H groups in total. The third-order valence-electron chi connectivity index (χ3n) is 8.13. The first-order valence-electron chi connectivity index (χ1n) is 34.4. The van der Waals surface area contributed by atoms with Gasteiger partial charge in [-0.1, -0.05) is 34.4 Å². The summed E-state index contributed by atoms with van der Waals surface area (Å²) in [4.78, 5) is 131. The molecule has 0 saturated heterocycles. The Morgan fingerprint density at radius 2 is 0.754 bits per heavy atom. The fourth-order valence-electron chi connectivity index (χ4n) is 4.88.